The quantitative estimate of drug-likeness (QED) is 0.730. The first-order chi connectivity index (χ1) is 9.55. The number of aryl methyl sites for hydroxylation is 1. The zero-order valence-electron chi connectivity index (χ0n) is 13.0. The van der Waals surface area contributed by atoms with E-state index in [1.54, 1.807) is 0 Å². The zero-order valence-corrected chi connectivity index (χ0v) is 13.0. The fraction of sp³-hybridized carbons (Fsp3) is 0.706. The first-order valence-corrected chi connectivity index (χ1v) is 7.80. The van der Waals surface area contributed by atoms with Crippen molar-refractivity contribution in [2.75, 3.05) is 7.05 Å². The minimum absolute atomic E-state index is 0.176. The van der Waals surface area contributed by atoms with Crippen LogP contribution >= 0.6 is 0 Å². The van der Waals surface area contributed by atoms with Crippen LogP contribution in [-0.4, -0.2) is 11.6 Å². The molecule has 1 saturated carbocycles. The summed E-state index contributed by atoms with van der Waals surface area (Å²) in [5.41, 5.74) is 1.25. The van der Waals surface area contributed by atoms with Gasteiger partial charge in [0.2, 0.25) is 0 Å². The van der Waals surface area contributed by atoms with Crippen molar-refractivity contribution in [2.45, 2.75) is 58.5 Å². The maximum atomic E-state index is 9.00. The van der Waals surface area contributed by atoms with Crippen LogP contribution in [0.1, 0.15) is 57.6 Å². The maximum absolute atomic E-state index is 9.00. The second kappa shape index (κ2) is 6.45. The Hall–Kier alpha value is -1.27. The van der Waals surface area contributed by atoms with Gasteiger partial charge in [0.25, 0.3) is 0 Å². The van der Waals surface area contributed by atoms with E-state index >= 15 is 0 Å². The smallest absolute Gasteiger partial charge is 0.0683 e. The summed E-state index contributed by atoms with van der Waals surface area (Å²) in [5, 5.41) is 12.4. The molecule has 1 fully saturated rings. The maximum Gasteiger partial charge on any atom is 0.0683 e. The van der Waals surface area contributed by atoms with E-state index in [0.717, 1.165) is 31.7 Å². The van der Waals surface area contributed by atoms with Crippen LogP contribution in [-0.2, 0) is 6.54 Å². The van der Waals surface area contributed by atoms with Crippen molar-refractivity contribution in [1.29, 1.82) is 5.26 Å². The average Bonchev–Trinajstić information content (AvgIpc) is 3.15. The Labute approximate surface area is 123 Å². The summed E-state index contributed by atoms with van der Waals surface area (Å²) < 4.78 is 2.29. The molecule has 1 aliphatic rings. The molecule has 0 spiro atoms. The standard InChI is InChI=1S/C17H27N3/c1-17(2,13-18)9-4-5-10-20-11-8-15(12-20)16(19-3)14-6-7-14/h8,11-12,14,16,19H,4-7,9-10H2,1-3H3. The van der Waals surface area contributed by atoms with Crippen LogP contribution in [0, 0.1) is 22.7 Å². The van der Waals surface area contributed by atoms with Crippen molar-refractivity contribution in [3.63, 3.8) is 0 Å². The third kappa shape index (κ3) is 4.11. The Bertz CT molecular complexity index is 463. The molecule has 20 heavy (non-hydrogen) atoms. The molecular formula is C17H27N3. The molecule has 0 bridgehead atoms. The molecule has 3 nitrogen and oxygen atoms in total. The Balaban J connectivity index is 1.77. The largest absolute Gasteiger partial charge is 0.354 e. The Morgan fingerprint density at radius 3 is 2.80 bits per heavy atom. The monoisotopic (exact) mass is 273 g/mol. The summed E-state index contributed by atoms with van der Waals surface area (Å²) in [4.78, 5) is 0. The summed E-state index contributed by atoms with van der Waals surface area (Å²) in [6.07, 6.45) is 10.4. The molecule has 1 aliphatic carbocycles. The molecule has 1 atom stereocenters. The van der Waals surface area contributed by atoms with Gasteiger partial charge in [-0.2, -0.15) is 5.26 Å². The molecule has 1 aromatic rings. The van der Waals surface area contributed by atoms with Gasteiger partial charge in [0.15, 0.2) is 0 Å². The van der Waals surface area contributed by atoms with Crippen LogP contribution in [0.15, 0.2) is 18.5 Å². The second-order valence-corrected chi connectivity index (χ2v) is 6.74. The summed E-state index contributed by atoms with van der Waals surface area (Å²) in [7, 11) is 2.06. The molecule has 0 radical (unpaired) electrons. The van der Waals surface area contributed by atoms with Crippen LogP contribution in [0.3, 0.4) is 0 Å². The van der Waals surface area contributed by atoms with E-state index in [2.05, 4.69) is 41.5 Å². The van der Waals surface area contributed by atoms with Crippen molar-refractivity contribution < 1.29 is 0 Å². The Kier molecular flexibility index (Phi) is 4.88. The summed E-state index contributed by atoms with van der Waals surface area (Å²) in [5.74, 6) is 0.840. The third-order valence-electron chi connectivity index (χ3n) is 4.31. The van der Waals surface area contributed by atoms with Gasteiger partial charge in [-0.25, -0.2) is 0 Å². The van der Waals surface area contributed by atoms with E-state index in [9.17, 15) is 0 Å². The van der Waals surface area contributed by atoms with Gasteiger partial charge < -0.3 is 9.88 Å². The third-order valence-corrected chi connectivity index (χ3v) is 4.31. The number of nitrogens with zero attached hydrogens (tertiary/aromatic N) is 2. The van der Waals surface area contributed by atoms with E-state index in [4.69, 9.17) is 5.26 Å². The number of nitriles is 1. The van der Waals surface area contributed by atoms with Gasteiger partial charge in [-0.1, -0.05) is 6.42 Å². The van der Waals surface area contributed by atoms with Crippen LogP contribution in [0.5, 0.6) is 0 Å². The van der Waals surface area contributed by atoms with Crippen LogP contribution < -0.4 is 5.32 Å². The van der Waals surface area contributed by atoms with E-state index < -0.39 is 0 Å². The highest BCUT2D eigenvalue weighted by Crippen LogP contribution is 2.40. The van der Waals surface area contributed by atoms with Gasteiger partial charge in [0, 0.05) is 25.0 Å². The predicted molar refractivity (Wildman–Crippen MR) is 82.2 cm³/mol. The van der Waals surface area contributed by atoms with Crippen molar-refractivity contribution in [1.82, 2.24) is 9.88 Å². The SMILES string of the molecule is CNC(c1ccn(CCCCC(C)(C)C#N)c1)C1CC1. The molecule has 110 valence electrons. The Morgan fingerprint density at radius 2 is 2.20 bits per heavy atom. The minimum atomic E-state index is -0.176. The average molecular weight is 273 g/mol. The fourth-order valence-corrected chi connectivity index (χ4v) is 2.80. The zero-order chi connectivity index (χ0) is 14.6. The number of nitrogens with one attached hydrogen (secondary N) is 1. The van der Waals surface area contributed by atoms with E-state index in [1.807, 2.05) is 13.8 Å². The van der Waals surface area contributed by atoms with Gasteiger partial charge in [-0.3, -0.25) is 0 Å². The molecule has 1 aromatic heterocycles. The first-order valence-electron chi connectivity index (χ1n) is 7.80. The minimum Gasteiger partial charge on any atom is -0.354 e. The van der Waals surface area contributed by atoms with Crippen molar-refractivity contribution in [3.05, 3.63) is 24.0 Å². The lowest BCUT2D eigenvalue weighted by Gasteiger charge is -2.15. The lowest BCUT2D eigenvalue weighted by Crippen LogP contribution is -2.17. The summed E-state index contributed by atoms with van der Waals surface area (Å²) >= 11 is 0. The molecule has 1 unspecified atom stereocenters. The molecule has 2 rings (SSSR count). The van der Waals surface area contributed by atoms with Crippen LogP contribution in [0.2, 0.25) is 0 Å². The normalized spacial score (nSPS) is 16.9. The molecule has 1 heterocycles. The van der Waals surface area contributed by atoms with Gasteiger partial charge in [0.1, 0.15) is 0 Å². The molecule has 0 aromatic carbocycles. The van der Waals surface area contributed by atoms with Crippen molar-refractivity contribution >= 4 is 0 Å². The predicted octanol–water partition coefficient (Wildman–Crippen LogP) is 3.88. The molecule has 0 aliphatic heterocycles. The lowest BCUT2D eigenvalue weighted by atomic mass is 9.89. The Morgan fingerprint density at radius 1 is 1.45 bits per heavy atom. The number of unbranched alkanes of at least 4 members (excludes halogenated alkanes) is 1. The highest BCUT2D eigenvalue weighted by atomic mass is 15.0. The summed E-state index contributed by atoms with van der Waals surface area (Å²) in [6, 6.07) is 5.16. The molecule has 3 heteroatoms. The van der Waals surface area contributed by atoms with Crippen molar-refractivity contribution in [3.8, 4) is 6.07 Å². The van der Waals surface area contributed by atoms with Crippen LogP contribution in [0.25, 0.3) is 0 Å². The van der Waals surface area contributed by atoms with Gasteiger partial charge in [0.05, 0.1) is 11.5 Å². The number of aromatic nitrogens is 1. The van der Waals surface area contributed by atoms with Gasteiger partial charge >= 0.3 is 0 Å². The topological polar surface area (TPSA) is 40.8 Å². The highest BCUT2D eigenvalue weighted by molar-refractivity contribution is 5.18. The van der Waals surface area contributed by atoms with E-state index in [-0.39, 0.29) is 5.41 Å². The van der Waals surface area contributed by atoms with Crippen LogP contribution in [0.4, 0.5) is 0 Å². The molecule has 0 saturated heterocycles. The van der Waals surface area contributed by atoms with E-state index in [1.165, 1.54) is 18.4 Å². The number of hydrogen-bond donors (Lipinski definition) is 1. The van der Waals surface area contributed by atoms with Gasteiger partial charge in [-0.15, -0.1) is 0 Å². The number of rotatable bonds is 8. The first kappa shape index (κ1) is 15.1. The number of hydrogen-bond acceptors (Lipinski definition) is 2. The highest BCUT2D eigenvalue weighted by Gasteiger charge is 2.31. The molecular weight excluding hydrogens is 246 g/mol. The molecule has 1 N–H and O–H groups in total. The second-order valence-electron chi connectivity index (χ2n) is 6.74. The lowest BCUT2D eigenvalue weighted by molar-refractivity contribution is 0.417. The van der Waals surface area contributed by atoms with Crippen molar-refractivity contribution in [2.24, 2.45) is 11.3 Å². The fourth-order valence-electron chi connectivity index (χ4n) is 2.80. The van der Waals surface area contributed by atoms with Gasteiger partial charge in [-0.05, 0) is 64.1 Å². The summed E-state index contributed by atoms with van der Waals surface area (Å²) in [6.45, 7) is 5.10. The van der Waals surface area contributed by atoms with E-state index in [0.29, 0.717) is 6.04 Å². The molecule has 0 amide bonds.